The van der Waals surface area contributed by atoms with Gasteiger partial charge in [-0.25, -0.2) is 0 Å². The largest absolute Gasteiger partial charge is 0.493 e. The van der Waals surface area contributed by atoms with Crippen LogP contribution in [0.3, 0.4) is 0 Å². The van der Waals surface area contributed by atoms with Gasteiger partial charge in [-0.3, -0.25) is 9.59 Å². The third kappa shape index (κ3) is 6.35. The Morgan fingerprint density at radius 1 is 0.933 bits per heavy atom. The predicted molar refractivity (Wildman–Crippen MR) is 119 cm³/mol. The maximum Gasteiger partial charge on any atom is 0.259 e. The molecule has 0 aliphatic heterocycles. The van der Waals surface area contributed by atoms with Crippen molar-refractivity contribution in [3.8, 4) is 11.5 Å². The van der Waals surface area contributed by atoms with Crippen LogP contribution in [0.4, 0.5) is 5.69 Å². The van der Waals surface area contributed by atoms with Crippen LogP contribution < -0.4 is 20.5 Å². The molecule has 3 aromatic carbocycles. The lowest BCUT2D eigenvalue weighted by Crippen LogP contribution is -2.15. The summed E-state index contributed by atoms with van der Waals surface area (Å²) in [6.45, 7) is 0.571. The number of halogens is 1. The second-order valence-corrected chi connectivity index (χ2v) is 7.37. The van der Waals surface area contributed by atoms with Crippen LogP contribution in [0.25, 0.3) is 0 Å². The minimum atomic E-state index is -0.418. The van der Waals surface area contributed by atoms with Gasteiger partial charge in [0.25, 0.3) is 5.91 Å². The van der Waals surface area contributed by atoms with Gasteiger partial charge in [-0.05, 0) is 48.0 Å². The van der Waals surface area contributed by atoms with E-state index in [0.29, 0.717) is 29.4 Å². The van der Waals surface area contributed by atoms with Crippen molar-refractivity contribution in [2.75, 3.05) is 11.9 Å². The fourth-order valence-electron chi connectivity index (χ4n) is 2.64. The second-order valence-electron chi connectivity index (χ2n) is 6.46. The van der Waals surface area contributed by atoms with Crippen molar-refractivity contribution >= 4 is 33.4 Å². The summed E-state index contributed by atoms with van der Waals surface area (Å²) < 4.78 is 12.1. The highest BCUT2D eigenvalue weighted by atomic mass is 79.9. The summed E-state index contributed by atoms with van der Waals surface area (Å²) in [6, 6.07) is 21.9. The van der Waals surface area contributed by atoms with E-state index in [9.17, 15) is 9.59 Å². The molecule has 6 nitrogen and oxygen atoms in total. The highest BCUT2D eigenvalue weighted by Gasteiger charge is 2.14. The normalized spacial score (nSPS) is 10.3. The number of hydrogen-bond donors (Lipinski definition) is 2. The monoisotopic (exact) mass is 468 g/mol. The standard InChI is InChI=1S/C23H21BrN2O4/c24-17-6-11-21(30-15-16-4-2-1-3-5-16)20(14-17)23(28)26-18-7-9-19(10-8-18)29-13-12-22(25)27/h1-11,14H,12-13,15H2,(H2,25,27)(H,26,28). The Morgan fingerprint density at radius 3 is 2.37 bits per heavy atom. The van der Waals surface area contributed by atoms with Crippen molar-refractivity contribution in [3.05, 3.63) is 88.4 Å². The molecule has 3 rings (SSSR count). The molecule has 7 heteroatoms. The zero-order chi connectivity index (χ0) is 21.3. The number of benzene rings is 3. The Hall–Kier alpha value is -3.32. The van der Waals surface area contributed by atoms with Gasteiger partial charge in [0.2, 0.25) is 5.91 Å². The fourth-order valence-corrected chi connectivity index (χ4v) is 3.00. The van der Waals surface area contributed by atoms with Crippen LogP contribution in [0, 0.1) is 0 Å². The smallest absolute Gasteiger partial charge is 0.259 e. The number of hydrogen-bond acceptors (Lipinski definition) is 4. The summed E-state index contributed by atoms with van der Waals surface area (Å²) in [5.74, 6) is 0.370. The molecule has 0 radical (unpaired) electrons. The van der Waals surface area contributed by atoms with E-state index in [2.05, 4.69) is 21.2 Å². The molecule has 0 atom stereocenters. The van der Waals surface area contributed by atoms with Gasteiger partial charge in [0.1, 0.15) is 18.1 Å². The molecule has 0 saturated carbocycles. The van der Waals surface area contributed by atoms with Crippen LogP contribution in [0.1, 0.15) is 22.3 Å². The Balaban J connectivity index is 1.65. The Kier molecular flexibility index (Phi) is 7.45. The van der Waals surface area contributed by atoms with Gasteiger partial charge < -0.3 is 20.5 Å². The van der Waals surface area contributed by atoms with Gasteiger partial charge in [-0.15, -0.1) is 0 Å². The second kappa shape index (κ2) is 10.5. The number of ether oxygens (including phenoxy) is 2. The Labute approximate surface area is 183 Å². The van der Waals surface area contributed by atoms with Crippen molar-refractivity contribution in [1.29, 1.82) is 0 Å². The SMILES string of the molecule is NC(=O)CCOc1ccc(NC(=O)c2cc(Br)ccc2OCc2ccccc2)cc1. The summed E-state index contributed by atoms with van der Waals surface area (Å²) in [5.41, 5.74) is 7.13. The first-order valence-electron chi connectivity index (χ1n) is 9.30. The number of anilines is 1. The van der Waals surface area contributed by atoms with Crippen LogP contribution in [-0.2, 0) is 11.4 Å². The molecule has 0 heterocycles. The molecular formula is C23H21BrN2O4. The average molecular weight is 469 g/mol. The van der Waals surface area contributed by atoms with E-state index in [1.54, 1.807) is 36.4 Å². The van der Waals surface area contributed by atoms with E-state index in [1.165, 1.54) is 0 Å². The first kappa shape index (κ1) is 21.4. The van der Waals surface area contributed by atoms with Gasteiger partial charge in [-0.1, -0.05) is 46.3 Å². The quantitative estimate of drug-likeness (QED) is 0.482. The molecule has 0 aliphatic rings. The zero-order valence-electron chi connectivity index (χ0n) is 16.1. The zero-order valence-corrected chi connectivity index (χ0v) is 17.7. The number of amides is 2. The van der Waals surface area contributed by atoms with E-state index < -0.39 is 5.91 Å². The maximum atomic E-state index is 12.8. The predicted octanol–water partition coefficient (Wildman–Crippen LogP) is 4.53. The lowest BCUT2D eigenvalue weighted by Gasteiger charge is -2.13. The van der Waals surface area contributed by atoms with Crippen LogP contribution in [0.2, 0.25) is 0 Å². The molecule has 30 heavy (non-hydrogen) atoms. The molecule has 0 bridgehead atoms. The summed E-state index contributed by atoms with van der Waals surface area (Å²) in [7, 11) is 0. The molecule has 0 spiro atoms. The third-order valence-corrected chi connectivity index (χ3v) is 4.65. The number of carbonyl (C=O) groups is 2. The molecule has 0 saturated heterocycles. The summed E-state index contributed by atoms with van der Waals surface area (Å²) in [5, 5.41) is 2.86. The molecule has 154 valence electrons. The molecule has 0 aliphatic carbocycles. The number of nitrogens with one attached hydrogen (secondary N) is 1. The van der Waals surface area contributed by atoms with Crippen LogP contribution in [0.5, 0.6) is 11.5 Å². The first-order valence-corrected chi connectivity index (χ1v) is 10.1. The lowest BCUT2D eigenvalue weighted by atomic mass is 10.1. The fraction of sp³-hybridized carbons (Fsp3) is 0.130. The van der Waals surface area contributed by atoms with Crippen LogP contribution >= 0.6 is 15.9 Å². The van der Waals surface area contributed by atoms with Crippen molar-refractivity contribution in [1.82, 2.24) is 0 Å². The molecule has 0 unspecified atom stereocenters. The van der Waals surface area contributed by atoms with Gasteiger partial charge in [-0.2, -0.15) is 0 Å². The van der Waals surface area contributed by atoms with Crippen molar-refractivity contribution in [2.45, 2.75) is 13.0 Å². The summed E-state index contributed by atoms with van der Waals surface area (Å²) >= 11 is 3.40. The number of nitrogens with two attached hydrogens (primary N) is 1. The molecule has 0 aromatic heterocycles. The van der Waals surface area contributed by atoms with Crippen molar-refractivity contribution < 1.29 is 19.1 Å². The summed E-state index contributed by atoms with van der Waals surface area (Å²) in [6.07, 6.45) is 0.146. The Morgan fingerprint density at radius 2 is 1.67 bits per heavy atom. The van der Waals surface area contributed by atoms with Crippen LogP contribution in [-0.4, -0.2) is 18.4 Å². The molecule has 3 aromatic rings. The molecule has 2 amide bonds. The van der Waals surface area contributed by atoms with Crippen molar-refractivity contribution in [2.24, 2.45) is 5.73 Å². The number of rotatable bonds is 9. The van der Waals surface area contributed by atoms with Gasteiger partial charge in [0, 0.05) is 10.2 Å². The Bertz CT molecular complexity index is 1010. The van der Waals surface area contributed by atoms with Crippen molar-refractivity contribution in [3.63, 3.8) is 0 Å². The van der Waals surface area contributed by atoms with E-state index in [1.807, 2.05) is 36.4 Å². The van der Waals surface area contributed by atoms with Crippen LogP contribution in [0.15, 0.2) is 77.3 Å². The topological polar surface area (TPSA) is 90.7 Å². The van der Waals surface area contributed by atoms with E-state index in [0.717, 1.165) is 10.0 Å². The van der Waals surface area contributed by atoms with E-state index in [4.69, 9.17) is 15.2 Å². The van der Waals surface area contributed by atoms with Gasteiger partial charge in [0.15, 0.2) is 0 Å². The summed E-state index contributed by atoms with van der Waals surface area (Å²) in [4.78, 5) is 23.6. The lowest BCUT2D eigenvalue weighted by molar-refractivity contribution is -0.118. The minimum absolute atomic E-state index is 0.146. The maximum absolute atomic E-state index is 12.8. The number of primary amides is 1. The van der Waals surface area contributed by atoms with E-state index in [-0.39, 0.29) is 18.9 Å². The third-order valence-electron chi connectivity index (χ3n) is 4.15. The van der Waals surface area contributed by atoms with Gasteiger partial charge in [0.05, 0.1) is 18.6 Å². The molecular weight excluding hydrogens is 448 g/mol. The molecule has 0 fully saturated rings. The first-order chi connectivity index (χ1) is 14.5. The van der Waals surface area contributed by atoms with Gasteiger partial charge >= 0.3 is 0 Å². The van der Waals surface area contributed by atoms with E-state index >= 15 is 0 Å². The minimum Gasteiger partial charge on any atom is -0.493 e. The average Bonchev–Trinajstić information content (AvgIpc) is 2.74. The molecule has 3 N–H and O–H groups in total. The highest BCUT2D eigenvalue weighted by molar-refractivity contribution is 9.10. The number of carbonyl (C=O) groups excluding carboxylic acids is 2. The highest BCUT2D eigenvalue weighted by Crippen LogP contribution is 2.26.